The molecule has 0 bridgehead atoms. The molecule has 146 valence electrons. The number of nitrogens with zero attached hydrogens (tertiary/aromatic N) is 1. The summed E-state index contributed by atoms with van der Waals surface area (Å²) in [6, 6.07) is 23.9. The van der Waals surface area contributed by atoms with E-state index in [4.69, 9.17) is 11.6 Å². The molecule has 4 heteroatoms. The van der Waals surface area contributed by atoms with E-state index < -0.39 is 0 Å². The number of fused-ring (bicyclic) bond motifs is 1. The molecule has 3 nitrogen and oxygen atoms in total. The Labute approximate surface area is 175 Å². The number of carbonyl (C=O) groups is 1. The van der Waals surface area contributed by atoms with Crippen LogP contribution in [0.4, 0.5) is 0 Å². The molecule has 29 heavy (non-hydrogen) atoms. The van der Waals surface area contributed by atoms with E-state index in [9.17, 15) is 4.79 Å². The van der Waals surface area contributed by atoms with Crippen LogP contribution >= 0.6 is 11.6 Å². The van der Waals surface area contributed by atoms with Crippen molar-refractivity contribution in [2.75, 3.05) is 0 Å². The van der Waals surface area contributed by atoms with Gasteiger partial charge in [0.15, 0.2) is 0 Å². The van der Waals surface area contributed by atoms with E-state index in [1.807, 2.05) is 48.5 Å². The maximum atomic E-state index is 12.7. The number of halogens is 1. The van der Waals surface area contributed by atoms with Crippen LogP contribution in [0.5, 0.6) is 0 Å². The zero-order valence-electron chi connectivity index (χ0n) is 16.6. The van der Waals surface area contributed by atoms with Crippen LogP contribution in [0.1, 0.15) is 32.7 Å². The molecule has 0 spiro atoms. The summed E-state index contributed by atoms with van der Waals surface area (Å²) >= 11 is 6.19. The Kier molecular flexibility index (Phi) is 5.41. The van der Waals surface area contributed by atoms with Gasteiger partial charge in [0.2, 0.25) is 0 Å². The normalized spacial score (nSPS) is 11.0. The SMILES string of the molecule is Cc1c(C)n(Cc2ccccc2)c2ccc(C(=O)NCc3ccccc3Cl)cc12. The molecule has 1 heterocycles. The van der Waals surface area contributed by atoms with Gasteiger partial charge in [-0.2, -0.15) is 0 Å². The summed E-state index contributed by atoms with van der Waals surface area (Å²) in [6.07, 6.45) is 0. The van der Waals surface area contributed by atoms with Gasteiger partial charge in [-0.15, -0.1) is 0 Å². The second-order valence-electron chi connectivity index (χ2n) is 7.29. The smallest absolute Gasteiger partial charge is 0.251 e. The molecule has 0 unspecified atom stereocenters. The third-order valence-electron chi connectivity index (χ3n) is 5.48. The van der Waals surface area contributed by atoms with Crippen molar-refractivity contribution in [1.82, 2.24) is 9.88 Å². The molecule has 0 saturated heterocycles. The fourth-order valence-corrected chi connectivity index (χ4v) is 3.88. The number of rotatable bonds is 5. The Bertz CT molecular complexity index is 1180. The fraction of sp³-hybridized carbons (Fsp3) is 0.160. The van der Waals surface area contributed by atoms with Crippen molar-refractivity contribution < 1.29 is 4.79 Å². The highest BCUT2D eigenvalue weighted by Gasteiger charge is 2.14. The number of aromatic nitrogens is 1. The summed E-state index contributed by atoms with van der Waals surface area (Å²) in [5.41, 5.74) is 6.39. The van der Waals surface area contributed by atoms with Crippen molar-refractivity contribution in [2.45, 2.75) is 26.9 Å². The summed E-state index contributed by atoms with van der Waals surface area (Å²) in [7, 11) is 0. The highest BCUT2D eigenvalue weighted by atomic mass is 35.5. The van der Waals surface area contributed by atoms with Gasteiger partial charge in [0.25, 0.3) is 5.91 Å². The standard InChI is InChI=1S/C25H23ClN2O/c1-17-18(2)28(16-19-8-4-3-5-9-19)24-13-12-20(14-22(17)24)25(29)27-15-21-10-6-7-11-23(21)26/h3-14H,15-16H2,1-2H3,(H,27,29). The summed E-state index contributed by atoms with van der Waals surface area (Å²) < 4.78 is 2.31. The highest BCUT2D eigenvalue weighted by molar-refractivity contribution is 6.31. The maximum Gasteiger partial charge on any atom is 0.251 e. The van der Waals surface area contributed by atoms with E-state index in [1.165, 1.54) is 16.8 Å². The molecule has 4 rings (SSSR count). The fourth-order valence-electron chi connectivity index (χ4n) is 3.68. The Morgan fingerprint density at radius 2 is 1.69 bits per heavy atom. The lowest BCUT2D eigenvalue weighted by Gasteiger charge is -2.10. The van der Waals surface area contributed by atoms with Crippen molar-refractivity contribution in [2.24, 2.45) is 0 Å². The van der Waals surface area contributed by atoms with Gasteiger partial charge in [-0.3, -0.25) is 4.79 Å². The van der Waals surface area contributed by atoms with Crippen LogP contribution in [0.2, 0.25) is 5.02 Å². The molecule has 0 aliphatic carbocycles. The molecule has 1 amide bonds. The topological polar surface area (TPSA) is 34.0 Å². The van der Waals surface area contributed by atoms with Crippen LogP contribution < -0.4 is 5.32 Å². The summed E-state index contributed by atoms with van der Waals surface area (Å²) in [5.74, 6) is -0.0975. The predicted octanol–water partition coefficient (Wildman–Crippen LogP) is 5.89. The largest absolute Gasteiger partial charge is 0.348 e. The first kappa shape index (κ1) is 19.3. The van der Waals surface area contributed by atoms with Crippen LogP contribution in [0.15, 0.2) is 72.8 Å². The lowest BCUT2D eigenvalue weighted by molar-refractivity contribution is 0.0951. The molecule has 0 radical (unpaired) electrons. The first-order valence-electron chi connectivity index (χ1n) is 9.69. The average molecular weight is 403 g/mol. The van der Waals surface area contributed by atoms with Crippen LogP contribution in [0.25, 0.3) is 10.9 Å². The molecule has 0 aliphatic heterocycles. The van der Waals surface area contributed by atoms with Crippen molar-refractivity contribution in [3.8, 4) is 0 Å². The van der Waals surface area contributed by atoms with Crippen LogP contribution in [-0.2, 0) is 13.1 Å². The minimum atomic E-state index is -0.0975. The van der Waals surface area contributed by atoms with Gasteiger partial charge in [0.05, 0.1) is 0 Å². The number of carbonyl (C=O) groups excluding carboxylic acids is 1. The molecule has 0 saturated carbocycles. The van der Waals surface area contributed by atoms with Gasteiger partial charge >= 0.3 is 0 Å². The second-order valence-corrected chi connectivity index (χ2v) is 7.70. The van der Waals surface area contributed by atoms with E-state index >= 15 is 0 Å². The molecule has 0 fully saturated rings. The zero-order valence-corrected chi connectivity index (χ0v) is 17.3. The number of aryl methyl sites for hydroxylation is 1. The Morgan fingerprint density at radius 3 is 2.45 bits per heavy atom. The molecule has 0 atom stereocenters. The summed E-state index contributed by atoms with van der Waals surface area (Å²) in [4.78, 5) is 12.7. The molecule has 1 aromatic heterocycles. The number of benzene rings is 3. The highest BCUT2D eigenvalue weighted by Crippen LogP contribution is 2.27. The average Bonchev–Trinajstić information content (AvgIpc) is 2.98. The lowest BCUT2D eigenvalue weighted by atomic mass is 10.1. The van der Waals surface area contributed by atoms with E-state index in [-0.39, 0.29) is 5.91 Å². The van der Waals surface area contributed by atoms with Crippen LogP contribution in [0.3, 0.4) is 0 Å². The van der Waals surface area contributed by atoms with Gasteiger partial charge in [-0.1, -0.05) is 60.1 Å². The first-order valence-corrected chi connectivity index (χ1v) is 10.1. The molecular formula is C25H23ClN2O. The van der Waals surface area contributed by atoms with Gasteiger partial charge in [-0.05, 0) is 54.8 Å². The van der Waals surface area contributed by atoms with Gasteiger partial charge in [0.1, 0.15) is 0 Å². The predicted molar refractivity (Wildman–Crippen MR) is 120 cm³/mol. The Hall–Kier alpha value is -3.04. The van der Waals surface area contributed by atoms with Crippen molar-refractivity contribution >= 4 is 28.4 Å². The lowest BCUT2D eigenvalue weighted by Crippen LogP contribution is -2.22. The van der Waals surface area contributed by atoms with Crippen molar-refractivity contribution in [3.63, 3.8) is 0 Å². The molecule has 4 aromatic rings. The summed E-state index contributed by atoms with van der Waals surface area (Å²) in [6.45, 7) is 5.47. The third-order valence-corrected chi connectivity index (χ3v) is 5.85. The summed E-state index contributed by atoms with van der Waals surface area (Å²) in [5, 5.41) is 4.75. The van der Waals surface area contributed by atoms with E-state index in [2.05, 4.69) is 48.0 Å². The first-order chi connectivity index (χ1) is 14.0. The molecule has 1 N–H and O–H groups in total. The van der Waals surface area contributed by atoms with Crippen LogP contribution in [-0.4, -0.2) is 10.5 Å². The van der Waals surface area contributed by atoms with E-state index in [0.717, 1.165) is 23.0 Å². The second kappa shape index (κ2) is 8.14. The number of hydrogen-bond donors (Lipinski definition) is 1. The van der Waals surface area contributed by atoms with E-state index in [1.54, 1.807) is 0 Å². The third kappa shape index (κ3) is 3.92. The van der Waals surface area contributed by atoms with Crippen molar-refractivity contribution in [1.29, 1.82) is 0 Å². The van der Waals surface area contributed by atoms with E-state index in [0.29, 0.717) is 17.1 Å². The minimum absolute atomic E-state index is 0.0975. The van der Waals surface area contributed by atoms with Crippen molar-refractivity contribution in [3.05, 3.63) is 106 Å². The monoisotopic (exact) mass is 402 g/mol. The Balaban J connectivity index is 1.60. The van der Waals surface area contributed by atoms with Gasteiger partial charge < -0.3 is 9.88 Å². The Morgan fingerprint density at radius 1 is 0.966 bits per heavy atom. The van der Waals surface area contributed by atoms with Crippen LogP contribution in [0, 0.1) is 13.8 Å². The number of nitrogens with one attached hydrogen (secondary N) is 1. The molecule has 3 aromatic carbocycles. The zero-order chi connectivity index (χ0) is 20.4. The molecule has 0 aliphatic rings. The maximum absolute atomic E-state index is 12.7. The quantitative estimate of drug-likeness (QED) is 0.443. The minimum Gasteiger partial charge on any atom is -0.348 e. The number of amides is 1. The van der Waals surface area contributed by atoms with Gasteiger partial charge in [-0.25, -0.2) is 0 Å². The number of hydrogen-bond acceptors (Lipinski definition) is 1. The van der Waals surface area contributed by atoms with Gasteiger partial charge in [0, 0.05) is 40.3 Å². The molecular weight excluding hydrogens is 380 g/mol.